The Morgan fingerprint density at radius 3 is 2.57 bits per heavy atom. The smallest absolute Gasteiger partial charge is 0.0508 e. The first-order chi connectivity index (χ1) is 10.1. The average molecular weight is 279 g/mol. The van der Waals surface area contributed by atoms with E-state index < -0.39 is 0 Å². The number of fused-ring (bicyclic) bond motifs is 3. The van der Waals surface area contributed by atoms with Gasteiger partial charge in [-0.1, -0.05) is 49.4 Å². The van der Waals surface area contributed by atoms with Gasteiger partial charge in [-0.2, -0.15) is 0 Å². The lowest BCUT2D eigenvalue weighted by atomic mass is 9.86. The maximum Gasteiger partial charge on any atom is 0.0508 e. The SMILES string of the molecule is CC1(c2ccc3c(c2)Cc2ccccc2-3)CC1(CN)CO. The molecule has 0 bridgehead atoms. The van der Waals surface area contributed by atoms with Crippen molar-refractivity contribution in [3.05, 3.63) is 59.2 Å². The van der Waals surface area contributed by atoms with Crippen molar-refractivity contribution < 1.29 is 5.11 Å². The topological polar surface area (TPSA) is 46.2 Å². The van der Waals surface area contributed by atoms with Gasteiger partial charge in [-0.15, -0.1) is 0 Å². The summed E-state index contributed by atoms with van der Waals surface area (Å²) in [6.45, 7) is 2.97. The van der Waals surface area contributed by atoms with Gasteiger partial charge in [0, 0.05) is 17.4 Å². The molecule has 2 aliphatic rings. The highest BCUT2D eigenvalue weighted by Crippen LogP contribution is 2.64. The van der Waals surface area contributed by atoms with Gasteiger partial charge in [0.05, 0.1) is 6.61 Å². The van der Waals surface area contributed by atoms with E-state index in [-0.39, 0.29) is 17.4 Å². The Morgan fingerprint density at radius 1 is 1.10 bits per heavy atom. The summed E-state index contributed by atoms with van der Waals surface area (Å²) in [6, 6.07) is 15.5. The molecule has 3 N–H and O–H groups in total. The Balaban J connectivity index is 1.75. The second kappa shape index (κ2) is 4.19. The van der Waals surface area contributed by atoms with E-state index in [2.05, 4.69) is 49.4 Å². The molecule has 0 aromatic heterocycles. The highest BCUT2D eigenvalue weighted by atomic mass is 16.3. The zero-order chi connectivity index (χ0) is 14.7. The van der Waals surface area contributed by atoms with Gasteiger partial charge < -0.3 is 10.8 Å². The third-order valence-corrected chi connectivity index (χ3v) is 5.86. The summed E-state index contributed by atoms with van der Waals surface area (Å²) in [5.41, 5.74) is 12.7. The molecule has 2 nitrogen and oxygen atoms in total. The first-order valence-electron chi connectivity index (χ1n) is 7.66. The fraction of sp³-hybridized carbons (Fsp3) is 0.368. The van der Waals surface area contributed by atoms with E-state index in [4.69, 9.17) is 5.73 Å². The summed E-state index contributed by atoms with van der Waals surface area (Å²) in [6.07, 6.45) is 2.00. The van der Waals surface area contributed by atoms with Gasteiger partial charge in [0.25, 0.3) is 0 Å². The standard InChI is InChI=1S/C19H21NO/c1-18(10-19(18,11-20)12-21)15-6-7-17-14(9-15)8-13-4-2-3-5-16(13)17/h2-7,9,21H,8,10-12,20H2,1H3. The van der Waals surface area contributed by atoms with Crippen LogP contribution in [0.5, 0.6) is 0 Å². The zero-order valence-electron chi connectivity index (χ0n) is 12.4. The number of hydrogen-bond donors (Lipinski definition) is 2. The third kappa shape index (κ3) is 1.60. The van der Waals surface area contributed by atoms with Gasteiger partial charge in [-0.3, -0.25) is 0 Å². The molecule has 108 valence electrons. The number of aliphatic hydroxyl groups is 1. The molecule has 0 saturated heterocycles. The predicted octanol–water partition coefficient (Wildman–Crippen LogP) is 2.86. The van der Waals surface area contributed by atoms with Crippen molar-refractivity contribution in [3.63, 3.8) is 0 Å². The molecule has 2 atom stereocenters. The molecule has 21 heavy (non-hydrogen) atoms. The lowest BCUT2D eigenvalue weighted by Crippen LogP contribution is -2.27. The summed E-state index contributed by atoms with van der Waals surface area (Å²) in [5, 5.41) is 9.71. The lowest BCUT2D eigenvalue weighted by Gasteiger charge is -2.20. The summed E-state index contributed by atoms with van der Waals surface area (Å²) in [4.78, 5) is 0. The van der Waals surface area contributed by atoms with Crippen LogP contribution in [0.15, 0.2) is 42.5 Å². The Labute approximate surface area is 125 Å². The molecule has 4 rings (SSSR count). The molecular formula is C19H21NO. The van der Waals surface area contributed by atoms with Crippen molar-refractivity contribution in [2.45, 2.75) is 25.2 Å². The fourth-order valence-electron chi connectivity index (χ4n) is 4.12. The molecule has 0 amide bonds. The number of aliphatic hydroxyl groups excluding tert-OH is 1. The largest absolute Gasteiger partial charge is 0.396 e. The summed E-state index contributed by atoms with van der Waals surface area (Å²) in [7, 11) is 0. The monoisotopic (exact) mass is 279 g/mol. The second-order valence-corrected chi connectivity index (χ2v) is 6.86. The predicted molar refractivity (Wildman–Crippen MR) is 85.2 cm³/mol. The quantitative estimate of drug-likeness (QED) is 0.774. The Hall–Kier alpha value is -1.64. The Kier molecular flexibility index (Phi) is 2.60. The van der Waals surface area contributed by atoms with Crippen molar-refractivity contribution in [3.8, 4) is 11.1 Å². The molecule has 2 heteroatoms. The molecule has 1 fully saturated rings. The minimum atomic E-state index is -0.118. The van der Waals surface area contributed by atoms with E-state index in [1.807, 2.05) is 0 Å². The van der Waals surface area contributed by atoms with E-state index >= 15 is 0 Å². The van der Waals surface area contributed by atoms with Crippen LogP contribution in [0.25, 0.3) is 11.1 Å². The molecule has 2 unspecified atom stereocenters. The van der Waals surface area contributed by atoms with Crippen molar-refractivity contribution in [2.24, 2.45) is 11.1 Å². The van der Waals surface area contributed by atoms with Crippen molar-refractivity contribution in [1.29, 1.82) is 0 Å². The van der Waals surface area contributed by atoms with E-state index in [1.54, 1.807) is 0 Å². The number of hydrogen-bond acceptors (Lipinski definition) is 2. The number of rotatable bonds is 3. The molecule has 0 spiro atoms. The van der Waals surface area contributed by atoms with Crippen LogP contribution in [0.1, 0.15) is 30.0 Å². The molecule has 2 aliphatic carbocycles. The third-order valence-electron chi connectivity index (χ3n) is 5.86. The van der Waals surface area contributed by atoms with Gasteiger partial charge in [-0.05, 0) is 40.7 Å². The van der Waals surface area contributed by atoms with Crippen LogP contribution in [-0.2, 0) is 11.8 Å². The van der Waals surface area contributed by atoms with Crippen LogP contribution in [0.2, 0.25) is 0 Å². The highest BCUT2D eigenvalue weighted by molar-refractivity contribution is 5.77. The van der Waals surface area contributed by atoms with Crippen LogP contribution in [0.4, 0.5) is 0 Å². The molecular weight excluding hydrogens is 258 g/mol. The molecule has 1 saturated carbocycles. The minimum Gasteiger partial charge on any atom is -0.396 e. The Morgan fingerprint density at radius 2 is 1.86 bits per heavy atom. The van der Waals surface area contributed by atoms with Crippen molar-refractivity contribution in [1.82, 2.24) is 0 Å². The fourth-order valence-corrected chi connectivity index (χ4v) is 4.12. The van der Waals surface area contributed by atoms with Crippen LogP contribution < -0.4 is 5.73 Å². The molecule has 2 aromatic rings. The summed E-state index contributed by atoms with van der Waals surface area (Å²) in [5.74, 6) is 0. The van der Waals surface area contributed by atoms with Gasteiger partial charge in [0.15, 0.2) is 0 Å². The molecule has 0 heterocycles. The molecule has 0 aliphatic heterocycles. The highest BCUT2D eigenvalue weighted by Gasteiger charge is 2.63. The van der Waals surface area contributed by atoms with Crippen LogP contribution >= 0.6 is 0 Å². The minimum absolute atomic E-state index is 0.0281. The normalized spacial score (nSPS) is 29.1. The van der Waals surface area contributed by atoms with Crippen LogP contribution in [0, 0.1) is 5.41 Å². The Bertz CT molecular complexity index is 717. The molecule has 0 radical (unpaired) electrons. The molecule has 2 aromatic carbocycles. The van der Waals surface area contributed by atoms with Gasteiger partial charge in [0.1, 0.15) is 0 Å². The maximum absolute atomic E-state index is 9.71. The number of nitrogens with two attached hydrogens (primary N) is 1. The van der Waals surface area contributed by atoms with Crippen molar-refractivity contribution >= 4 is 0 Å². The number of benzene rings is 2. The van der Waals surface area contributed by atoms with Crippen LogP contribution in [-0.4, -0.2) is 18.3 Å². The van der Waals surface area contributed by atoms with Crippen molar-refractivity contribution in [2.75, 3.05) is 13.2 Å². The van der Waals surface area contributed by atoms with E-state index in [0.717, 1.165) is 12.8 Å². The van der Waals surface area contributed by atoms with Crippen LogP contribution in [0.3, 0.4) is 0 Å². The van der Waals surface area contributed by atoms with E-state index in [9.17, 15) is 5.11 Å². The maximum atomic E-state index is 9.71. The first-order valence-corrected chi connectivity index (χ1v) is 7.66. The second-order valence-electron chi connectivity index (χ2n) is 6.86. The average Bonchev–Trinajstić information content (AvgIpc) is 2.98. The first kappa shape index (κ1) is 13.1. The van der Waals surface area contributed by atoms with E-state index in [0.29, 0.717) is 6.54 Å². The van der Waals surface area contributed by atoms with E-state index in [1.165, 1.54) is 27.8 Å². The summed E-state index contributed by atoms with van der Waals surface area (Å²) >= 11 is 0. The summed E-state index contributed by atoms with van der Waals surface area (Å²) < 4.78 is 0. The zero-order valence-corrected chi connectivity index (χ0v) is 12.4. The van der Waals surface area contributed by atoms with Gasteiger partial charge in [-0.25, -0.2) is 0 Å². The van der Waals surface area contributed by atoms with Gasteiger partial charge in [0.2, 0.25) is 0 Å². The lowest BCUT2D eigenvalue weighted by molar-refractivity contribution is 0.198. The van der Waals surface area contributed by atoms with Gasteiger partial charge >= 0.3 is 0 Å².